The van der Waals surface area contributed by atoms with E-state index in [1.165, 1.54) is 11.8 Å². The SMILES string of the molecule is O=c1[nH]c(CSc2nncn2-c2ccccc2)nc2ccccc12. The number of fused-ring (bicyclic) bond motifs is 1. The Bertz CT molecular complexity index is 1040. The Kier molecular flexibility index (Phi) is 3.84. The zero-order chi connectivity index (χ0) is 16.4. The van der Waals surface area contributed by atoms with Gasteiger partial charge in [-0.15, -0.1) is 10.2 Å². The number of hydrogen-bond acceptors (Lipinski definition) is 5. The van der Waals surface area contributed by atoms with Crippen LogP contribution < -0.4 is 5.56 Å². The molecule has 0 atom stereocenters. The van der Waals surface area contributed by atoms with E-state index in [4.69, 9.17) is 0 Å². The van der Waals surface area contributed by atoms with Gasteiger partial charge in [-0.25, -0.2) is 4.98 Å². The maximum atomic E-state index is 12.1. The van der Waals surface area contributed by atoms with Crippen LogP contribution in [-0.4, -0.2) is 24.7 Å². The lowest BCUT2D eigenvalue weighted by Crippen LogP contribution is -2.11. The molecule has 0 bridgehead atoms. The Morgan fingerprint density at radius 3 is 2.71 bits per heavy atom. The third-order valence-corrected chi connectivity index (χ3v) is 4.51. The average Bonchev–Trinajstić information content (AvgIpc) is 3.09. The Balaban J connectivity index is 1.60. The van der Waals surface area contributed by atoms with Crippen molar-refractivity contribution in [3.05, 3.63) is 77.1 Å². The molecule has 0 aliphatic carbocycles. The van der Waals surface area contributed by atoms with Crippen LogP contribution in [0, 0.1) is 0 Å². The van der Waals surface area contributed by atoms with E-state index in [1.807, 2.05) is 53.1 Å². The zero-order valence-electron chi connectivity index (χ0n) is 12.6. The van der Waals surface area contributed by atoms with Gasteiger partial charge in [0.15, 0.2) is 5.16 Å². The summed E-state index contributed by atoms with van der Waals surface area (Å²) in [5, 5.41) is 9.47. The number of rotatable bonds is 4. The van der Waals surface area contributed by atoms with Gasteiger partial charge in [-0.2, -0.15) is 0 Å². The van der Waals surface area contributed by atoms with Crippen molar-refractivity contribution in [1.82, 2.24) is 24.7 Å². The molecule has 7 heteroatoms. The van der Waals surface area contributed by atoms with Gasteiger partial charge in [-0.3, -0.25) is 9.36 Å². The maximum absolute atomic E-state index is 12.1. The molecule has 4 aromatic rings. The molecule has 4 rings (SSSR count). The van der Waals surface area contributed by atoms with Gasteiger partial charge in [0.2, 0.25) is 0 Å². The van der Waals surface area contributed by atoms with Crippen LogP contribution in [0.1, 0.15) is 5.82 Å². The van der Waals surface area contributed by atoms with Crippen molar-refractivity contribution in [3.63, 3.8) is 0 Å². The van der Waals surface area contributed by atoms with Crippen molar-refractivity contribution in [3.8, 4) is 5.69 Å². The first-order valence-electron chi connectivity index (χ1n) is 7.37. The normalized spacial score (nSPS) is 11.0. The molecule has 0 amide bonds. The summed E-state index contributed by atoms with van der Waals surface area (Å²) < 4.78 is 1.91. The Hall–Kier alpha value is -2.93. The number of aromatic nitrogens is 5. The molecule has 6 nitrogen and oxygen atoms in total. The highest BCUT2D eigenvalue weighted by molar-refractivity contribution is 7.98. The van der Waals surface area contributed by atoms with E-state index in [9.17, 15) is 4.79 Å². The first-order chi connectivity index (χ1) is 11.8. The molecule has 0 unspecified atom stereocenters. The van der Waals surface area contributed by atoms with Gasteiger partial charge in [0, 0.05) is 5.69 Å². The fourth-order valence-corrected chi connectivity index (χ4v) is 3.22. The predicted octanol–water partition coefficient (Wildman–Crippen LogP) is 2.80. The molecule has 0 aliphatic rings. The number of thioether (sulfide) groups is 1. The summed E-state index contributed by atoms with van der Waals surface area (Å²) in [4.78, 5) is 19.4. The van der Waals surface area contributed by atoms with E-state index >= 15 is 0 Å². The van der Waals surface area contributed by atoms with Gasteiger partial charge >= 0.3 is 0 Å². The van der Waals surface area contributed by atoms with Crippen molar-refractivity contribution < 1.29 is 0 Å². The van der Waals surface area contributed by atoms with Gasteiger partial charge < -0.3 is 4.98 Å². The van der Waals surface area contributed by atoms with Crippen LogP contribution in [0.2, 0.25) is 0 Å². The lowest BCUT2D eigenvalue weighted by molar-refractivity contribution is 0.881. The number of nitrogens with one attached hydrogen (secondary N) is 1. The molecular formula is C17H13N5OS. The molecule has 0 spiro atoms. The fraction of sp³-hybridized carbons (Fsp3) is 0.0588. The standard InChI is InChI=1S/C17H13N5OS/c23-16-13-8-4-5-9-14(13)19-15(20-16)10-24-17-21-18-11-22(17)12-6-2-1-3-7-12/h1-9,11H,10H2,(H,19,20,23). The number of aromatic amines is 1. The Morgan fingerprint density at radius 1 is 1.04 bits per heavy atom. The van der Waals surface area contributed by atoms with Crippen LogP contribution >= 0.6 is 11.8 Å². The summed E-state index contributed by atoms with van der Waals surface area (Å²) in [7, 11) is 0. The molecule has 0 fully saturated rings. The summed E-state index contributed by atoms with van der Waals surface area (Å²) in [5.74, 6) is 1.12. The van der Waals surface area contributed by atoms with Gasteiger partial charge in [-0.05, 0) is 24.3 Å². The number of H-pyrrole nitrogens is 1. The van der Waals surface area contributed by atoms with Crippen LogP contribution in [0.25, 0.3) is 16.6 Å². The van der Waals surface area contributed by atoms with Gasteiger partial charge in [0.25, 0.3) is 5.56 Å². The first-order valence-corrected chi connectivity index (χ1v) is 8.36. The highest BCUT2D eigenvalue weighted by atomic mass is 32.2. The van der Waals surface area contributed by atoms with Crippen molar-refractivity contribution in [2.24, 2.45) is 0 Å². The average molecular weight is 335 g/mol. The van der Waals surface area contributed by atoms with E-state index in [0.29, 0.717) is 22.5 Å². The maximum Gasteiger partial charge on any atom is 0.258 e. The van der Waals surface area contributed by atoms with Gasteiger partial charge in [0.05, 0.1) is 16.7 Å². The largest absolute Gasteiger partial charge is 0.309 e. The molecule has 0 saturated carbocycles. The van der Waals surface area contributed by atoms with E-state index in [0.717, 1.165) is 10.8 Å². The fourth-order valence-electron chi connectivity index (χ4n) is 2.42. The smallest absolute Gasteiger partial charge is 0.258 e. The van der Waals surface area contributed by atoms with E-state index < -0.39 is 0 Å². The third-order valence-electron chi connectivity index (χ3n) is 3.55. The lowest BCUT2D eigenvalue weighted by atomic mass is 10.2. The molecule has 2 aromatic heterocycles. The van der Waals surface area contributed by atoms with Crippen LogP contribution in [-0.2, 0) is 5.75 Å². The summed E-state index contributed by atoms with van der Waals surface area (Å²) in [5.41, 5.74) is 1.56. The minimum atomic E-state index is -0.124. The zero-order valence-corrected chi connectivity index (χ0v) is 13.4. The molecule has 1 N–H and O–H groups in total. The second kappa shape index (κ2) is 6.29. The Morgan fingerprint density at radius 2 is 1.83 bits per heavy atom. The van der Waals surface area contributed by atoms with E-state index in [2.05, 4.69) is 20.2 Å². The van der Waals surface area contributed by atoms with E-state index in [1.54, 1.807) is 12.4 Å². The van der Waals surface area contributed by atoms with Gasteiger partial charge in [-0.1, -0.05) is 42.1 Å². The van der Waals surface area contributed by atoms with Gasteiger partial charge in [0.1, 0.15) is 12.2 Å². The van der Waals surface area contributed by atoms with Crippen molar-refractivity contribution in [1.29, 1.82) is 0 Å². The molecule has 0 radical (unpaired) electrons. The molecular weight excluding hydrogens is 322 g/mol. The number of para-hydroxylation sites is 2. The molecule has 0 saturated heterocycles. The third kappa shape index (κ3) is 2.81. The summed E-state index contributed by atoms with van der Waals surface area (Å²) in [6, 6.07) is 17.2. The second-order valence-corrected chi connectivity index (χ2v) is 6.08. The summed E-state index contributed by atoms with van der Waals surface area (Å²) >= 11 is 1.48. The second-order valence-electron chi connectivity index (χ2n) is 5.14. The summed E-state index contributed by atoms with van der Waals surface area (Å²) in [6.07, 6.45) is 1.67. The number of nitrogens with zero attached hydrogens (tertiary/aromatic N) is 4. The number of hydrogen-bond donors (Lipinski definition) is 1. The topological polar surface area (TPSA) is 76.5 Å². The van der Waals surface area contributed by atoms with Crippen molar-refractivity contribution in [2.75, 3.05) is 0 Å². The molecule has 118 valence electrons. The molecule has 2 heterocycles. The summed E-state index contributed by atoms with van der Waals surface area (Å²) in [6.45, 7) is 0. The minimum Gasteiger partial charge on any atom is -0.309 e. The Labute approximate surface area is 141 Å². The molecule has 24 heavy (non-hydrogen) atoms. The lowest BCUT2D eigenvalue weighted by Gasteiger charge is -2.06. The number of benzene rings is 2. The van der Waals surface area contributed by atoms with E-state index in [-0.39, 0.29) is 5.56 Å². The predicted molar refractivity (Wildman–Crippen MR) is 93.3 cm³/mol. The van der Waals surface area contributed by atoms with Crippen LogP contribution in [0.5, 0.6) is 0 Å². The molecule has 0 aliphatic heterocycles. The van der Waals surface area contributed by atoms with Crippen LogP contribution in [0.3, 0.4) is 0 Å². The molecule has 2 aromatic carbocycles. The quantitative estimate of drug-likeness (QED) is 0.580. The van der Waals surface area contributed by atoms with Crippen molar-refractivity contribution >= 4 is 22.7 Å². The highest BCUT2D eigenvalue weighted by Gasteiger charge is 2.09. The van der Waals surface area contributed by atoms with Crippen molar-refractivity contribution in [2.45, 2.75) is 10.9 Å². The van der Waals surface area contributed by atoms with Crippen LogP contribution in [0.4, 0.5) is 0 Å². The minimum absolute atomic E-state index is 0.124. The first kappa shape index (κ1) is 14.6. The monoisotopic (exact) mass is 335 g/mol. The highest BCUT2D eigenvalue weighted by Crippen LogP contribution is 2.22. The van der Waals surface area contributed by atoms with Crippen LogP contribution in [0.15, 0.2) is 70.9 Å².